The molecule has 2 saturated carbocycles. The maximum absolute atomic E-state index is 2.66. The molecule has 1 saturated heterocycles. The monoisotopic (exact) mass is 307 g/mol. The summed E-state index contributed by atoms with van der Waals surface area (Å²) in [6.45, 7) is 9.41. The fourth-order valence-electron chi connectivity index (χ4n) is 5.97. The second-order valence-electron chi connectivity index (χ2n) is 9.09. The normalized spacial score (nSPS) is 36.5. The van der Waals surface area contributed by atoms with Crippen LogP contribution in [-0.2, 0) is 0 Å². The van der Waals surface area contributed by atoms with Crippen LogP contribution in [0.1, 0.15) is 58.3 Å². The van der Waals surface area contributed by atoms with E-state index in [1.165, 1.54) is 69.3 Å². The predicted molar refractivity (Wildman–Crippen MR) is 94.9 cm³/mol. The molecule has 2 aliphatic carbocycles. The maximum Gasteiger partial charge on any atom is 0.0819 e. The lowest BCUT2D eigenvalue weighted by Crippen LogP contribution is -2.48. The summed E-state index contributed by atoms with van der Waals surface area (Å²) < 4.78 is 1.39. The summed E-state index contributed by atoms with van der Waals surface area (Å²) in [5.41, 5.74) is 0. The van der Waals surface area contributed by atoms with Gasteiger partial charge in [0.25, 0.3) is 0 Å². The number of nitrogens with zero attached hydrogens (tertiary/aromatic N) is 2. The number of fused-ring (bicyclic) bond motifs is 2. The van der Waals surface area contributed by atoms with E-state index in [9.17, 15) is 0 Å². The van der Waals surface area contributed by atoms with Crippen molar-refractivity contribution in [3.63, 3.8) is 0 Å². The third-order valence-electron chi connectivity index (χ3n) is 7.24. The van der Waals surface area contributed by atoms with Crippen LogP contribution in [-0.4, -0.2) is 56.2 Å². The number of unbranched alkanes of at least 4 members (excludes halogenated alkanes) is 2. The standard InChI is InChI=1S/C20H39N2/c1-4-5-6-11-21(2)15-19-17-9-10-18(14-17)20(19)16-22(3)12-7-8-13-22/h17-20H,4-16H2,1-3H3/q+1. The van der Waals surface area contributed by atoms with Crippen LogP contribution in [0.15, 0.2) is 0 Å². The predicted octanol–water partition coefficient (Wildman–Crippen LogP) is 4.01. The van der Waals surface area contributed by atoms with Crippen LogP contribution in [0.25, 0.3) is 0 Å². The molecule has 0 amide bonds. The van der Waals surface area contributed by atoms with Gasteiger partial charge in [0.2, 0.25) is 0 Å². The largest absolute Gasteiger partial charge is 0.326 e. The van der Waals surface area contributed by atoms with Gasteiger partial charge in [-0.3, -0.25) is 0 Å². The first-order chi connectivity index (χ1) is 10.6. The van der Waals surface area contributed by atoms with Crippen molar-refractivity contribution >= 4 is 0 Å². The molecule has 0 aromatic rings. The molecule has 2 heteroatoms. The van der Waals surface area contributed by atoms with E-state index in [4.69, 9.17) is 0 Å². The van der Waals surface area contributed by atoms with Crippen LogP contribution in [0.2, 0.25) is 0 Å². The molecule has 0 radical (unpaired) electrons. The summed E-state index contributed by atoms with van der Waals surface area (Å²) in [7, 11) is 4.92. The van der Waals surface area contributed by atoms with E-state index in [0.717, 1.165) is 23.7 Å². The van der Waals surface area contributed by atoms with Gasteiger partial charge in [-0.2, -0.15) is 0 Å². The smallest absolute Gasteiger partial charge is 0.0819 e. The maximum atomic E-state index is 2.66. The molecule has 0 aromatic carbocycles. The molecule has 0 spiro atoms. The molecular formula is C20H39N2+. The van der Waals surface area contributed by atoms with Gasteiger partial charge in [-0.05, 0) is 57.0 Å². The van der Waals surface area contributed by atoms with Gasteiger partial charge in [0.1, 0.15) is 0 Å². The summed E-state index contributed by atoms with van der Waals surface area (Å²) in [5.74, 6) is 4.20. The lowest BCUT2D eigenvalue weighted by atomic mass is 9.78. The van der Waals surface area contributed by atoms with E-state index in [2.05, 4.69) is 25.9 Å². The Hall–Kier alpha value is -0.0800. The Kier molecular flexibility index (Phi) is 5.50. The molecule has 3 fully saturated rings. The van der Waals surface area contributed by atoms with Gasteiger partial charge in [0.05, 0.1) is 26.7 Å². The first kappa shape index (κ1) is 16.8. The van der Waals surface area contributed by atoms with Crippen LogP contribution in [0, 0.1) is 23.7 Å². The Labute approximate surface area is 138 Å². The van der Waals surface area contributed by atoms with E-state index in [0.29, 0.717) is 0 Å². The second-order valence-corrected chi connectivity index (χ2v) is 9.09. The van der Waals surface area contributed by atoms with E-state index < -0.39 is 0 Å². The Balaban J connectivity index is 1.56. The molecule has 1 heterocycles. The topological polar surface area (TPSA) is 3.24 Å². The first-order valence-electron chi connectivity index (χ1n) is 10.1. The van der Waals surface area contributed by atoms with Crippen molar-refractivity contribution in [1.82, 2.24) is 4.90 Å². The van der Waals surface area contributed by atoms with Gasteiger partial charge >= 0.3 is 0 Å². The van der Waals surface area contributed by atoms with Crippen molar-refractivity contribution in [2.45, 2.75) is 58.3 Å². The number of likely N-dealkylation sites (tertiary alicyclic amines) is 1. The highest BCUT2D eigenvalue weighted by molar-refractivity contribution is 4.97. The zero-order chi connectivity index (χ0) is 15.6. The highest BCUT2D eigenvalue weighted by atomic mass is 15.3. The highest BCUT2D eigenvalue weighted by Gasteiger charge is 2.50. The minimum atomic E-state index is 1.01. The summed E-state index contributed by atoms with van der Waals surface area (Å²) in [6.07, 6.45) is 11.7. The Morgan fingerprint density at radius 2 is 1.68 bits per heavy atom. The van der Waals surface area contributed by atoms with Crippen molar-refractivity contribution in [1.29, 1.82) is 0 Å². The highest BCUT2D eigenvalue weighted by Crippen LogP contribution is 2.53. The van der Waals surface area contributed by atoms with Crippen molar-refractivity contribution < 1.29 is 4.48 Å². The third-order valence-corrected chi connectivity index (χ3v) is 7.24. The van der Waals surface area contributed by atoms with Crippen LogP contribution < -0.4 is 0 Å². The van der Waals surface area contributed by atoms with Crippen LogP contribution in [0.4, 0.5) is 0 Å². The summed E-state index contributed by atoms with van der Waals surface area (Å²) in [4.78, 5) is 2.66. The molecule has 3 aliphatic rings. The van der Waals surface area contributed by atoms with Crippen molar-refractivity contribution in [2.75, 3.05) is 46.8 Å². The Bertz CT molecular complexity index is 348. The summed E-state index contributed by atoms with van der Waals surface area (Å²) in [6, 6.07) is 0. The number of quaternary nitrogens is 1. The zero-order valence-electron chi connectivity index (χ0n) is 15.4. The van der Waals surface area contributed by atoms with Gasteiger partial charge in [0.15, 0.2) is 0 Å². The minimum absolute atomic E-state index is 1.01. The van der Waals surface area contributed by atoms with Gasteiger partial charge in [-0.1, -0.05) is 19.8 Å². The lowest BCUT2D eigenvalue weighted by molar-refractivity contribution is -0.901. The van der Waals surface area contributed by atoms with Crippen LogP contribution in [0.3, 0.4) is 0 Å². The summed E-state index contributed by atoms with van der Waals surface area (Å²) >= 11 is 0. The third kappa shape index (κ3) is 3.70. The molecule has 2 nitrogen and oxygen atoms in total. The van der Waals surface area contributed by atoms with Gasteiger partial charge in [-0.15, -0.1) is 0 Å². The quantitative estimate of drug-likeness (QED) is 0.484. The second kappa shape index (κ2) is 7.21. The van der Waals surface area contributed by atoms with E-state index >= 15 is 0 Å². The molecule has 4 atom stereocenters. The SMILES string of the molecule is CCCCCN(C)CC1C2CCC(C2)C1C[N+]1(C)CCCC1. The van der Waals surface area contributed by atoms with Crippen LogP contribution >= 0.6 is 0 Å². The van der Waals surface area contributed by atoms with Crippen LogP contribution in [0.5, 0.6) is 0 Å². The number of rotatable bonds is 8. The van der Waals surface area contributed by atoms with E-state index in [1.54, 1.807) is 19.3 Å². The fourth-order valence-corrected chi connectivity index (χ4v) is 5.97. The average molecular weight is 308 g/mol. The van der Waals surface area contributed by atoms with E-state index in [1.807, 2.05) is 0 Å². The molecule has 22 heavy (non-hydrogen) atoms. The molecule has 0 aromatic heterocycles. The van der Waals surface area contributed by atoms with Gasteiger partial charge in [-0.25, -0.2) is 0 Å². The van der Waals surface area contributed by atoms with Crippen molar-refractivity contribution in [2.24, 2.45) is 23.7 Å². The molecule has 0 N–H and O–H groups in total. The zero-order valence-corrected chi connectivity index (χ0v) is 15.4. The molecule has 128 valence electrons. The first-order valence-corrected chi connectivity index (χ1v) is 10.1. The summed E-state index contributed by atoms with van der Waals surface area (Å²) in [5, 5.41) is 0. The average Bonchev–Trinajstić information content (AvgIpc) is 3.18. The Morgan fingerprint density at radius 3 is 2.36 bits per heavy atom. The fraction of sp³-hybridized carbons (Fsp3) is 1.00. The lowest BCUT2D eigenvalue weighted by Gasteiger charge is -2.39. The van der Waals surface area contributed by atoms with Gasteiger partial charge in [0, 0.05) is 25.3 Å². The number of hydrogen-bond acceptors (Lipinski definition) is 1. The molecule has 4 unspecified atom stereocenters. The number of hydrogen-bond donors (Lipinski definition) is 0. The Morgan fingerprint density at radius 1 is 1.00 bits per heavy atom. The minimum Gasteiger partial charge on any atom is -0.326 e. The molecule has 2 bridgehead atoms. The molecule has 3 rings (SSSR count). The molecular weight excluding hydrogens is 268 g/mol. The van der Waals surface area contributed by atoms with Crippen molar-refractivity contribution in [3.05, 3.63) is 0 Å². The molecule has 1 aliphatic heterocycles. The van der Waals surface area contributed by atoms with Crippen molar-refractivity contribution in [3.8, 4) is 0 Å². The van der Waals surface area contributed by atoms with Gasteiger partial charge < -0.3 is 9.38 Å². The van der Waals surface area contributed by atoms with E-state index in [-0.39, 0.29) is 0 Å².